The molecule has 150 valence electrons. The minimum absolute atomic E-state index is 0.200. The summed E-state index contributed by atoms with van der Waals surface area (Å²) in [6.45, 7) is 2.49. The third-order valence-electron chi connectivity index (χ3n) is 3.53. The van der Waals surface area contributed by atoms with Crippen molar-refractivity contribution >= 4 is 47.0 Å². The van der Waals surface area contributed by atoms with Crippen LogP contribution in [0.5, 0.6) is 5.75 Å². The van der Waals surface area contributed by atoms with Gasteiger partial charge >= 0.3 is 0 Å². The number of hydrogen-bond acceptors (Lipinski definition) is 8. The molecular weight excluding hydrogens is 424 g/mol. The van der Waals surface area contributed by atoms with E-state index in [1.807, 2.05) is 49.4 Å². The molecule has 0 aliphatic rings. The van der Waals surface area contributed by atoms with Gasteiger partial charge in [-0.2, -0.15) is 5.10 Å². The van der Waals surface area contributed by atoms with E-state index in [1.165, 1.54) is 28.7 Å². The zero-order chi connectivity index (χ0) is 20.3. The number of thioether (sulfide) groups is 2. The molecule has 0 unspecified atom stereocenters. The first-order valence-electron chi connectivity index (χ1n) is 8.91. The van der Waals surface area contributed by atoms with Crippen LogP contribution in [0, 0.1) is 0 Å². The maximum Gasteiger partial charge on any atom is 0.250 e. The minimum Gasteiger partial charge on any atom is -0.493 e. The largest absolute Gasteiger partial charge is 0.493 e. The Labute approximate surface area is 182 Å². The Morgan fingerprint density at radius 1 is 1.10 bits per heavy atom. The number of para-hydroxylation sites is 1. The summed E-state index contributed by atoms with van der Waals surface area (Å²) < 4.78 is 7.18. The van der Waals surface area contributed by atoms with Crippen molar-refractivity contribution in [3.05, 3.63) is 65.7 Å². The summed E-state index contributed by atoms with van der Waals surface area (Å²) in [6.07, 6.45) is 1.58. The molecule has 1 aromatic heterocycles. The average molecular weight is 445 g/mol. The molecule has 1 heterocycles. The lowest BCUT2D eigenvalue weighted by Crippen LogP contribution is -2.19. The first-order chi connectivity index (χ1) is 14.2. The number of hydrazone groups is 1. The van der Waals surface area contributed by atoms with Crippen molar-refractivity contribution in [3.8, 4) is 5.75 Å². The van der Waals surface area contributed by atoms with E-state index in [4.69, 9.17) is 4.74 Å². The van der Waals surface area contributed by atoms with Gasteiger partial charge in [0.05, 0.1) is 18.6 Å². The Bertz CT molecular complexity index is 948. The highest BCUT2D eigenvalue weighted by atomic mass is 32.2. The van der Waals surface area contributed by atoms with Crippen molar-refractivity contribution in [1.29, 1.82) is 0 Å². The highest BCUT2D eigenvalue weighted by Crippen LogP contribution is 2.30. The van der Waals surface area contributed by atoms with Gasteiger partial charge in [0.2, 0.25) is 0 Å². The molecule has 6 nitrogen and oxygen atoms in total. The molecule has 0 bridgehead atoms. The van der Waals surface area contributed by atoms with Crippen LogP contribution in [0.1, 0.15) is 18.1 Å². The fourth-order valence-electron chi connectivity index (χ4n) is 2.24. The Balaban J connectivity index is 1.42. The molecule has 0 spiro atoms. The van der Waals surface area contributed by atoms with Gasteiger partial charge in [0.15, 0.2) is 8.68 Å². The molecule has 3 rings (SSSR count). The molecule has 1 N–H and O–H groups in total. The monoisotopic (exact) mass is 444 g/mol. The topological polar surface area (TPSA) is 76.5 Å². The number of ether oxygens (including phenoxy) is 1. The van der Waals surface area contributed by atoms with Gasteiger partial charge in [-0.3, -0.25) is 4.79 Å². The third kappa shape index (κ3) is 7.19. The van der Waals surface area contributed by atoms with Gasteiger partial charge in [0.1, 0.15) is 5.75 Å². The Morgan fingerprint density at radius 3 is 2.62 bits per heavy atom. The number of hydrogen-bond donors (Lipinski definition) is 1. The van der Waals surface area contributed by atoms with Gasteiger partial charge in [-0.1, -0.05) is 77.3 Å². The fourth-order valence-corrected chi connectivity index (χ4v) is 5.01. The number of benzene rings is 2. The number of amides is 1. The van der Waals surface area contributed by atoms with Crippen molar-refractivity contribution in [1.82, 2.24) is 15.6 Å². The van der Waals surface area contributed by atoms with E-state index >= 15 is 0 Å². The van der Waals surface area contributed by atoms with Crippen LogP contribution in [0.15, 0.2) is 68.4 Å². The van der Waals surface area contributed by atoms with E-state index in [-0.39, 0.29) is 11.7 Å². The zero-order valence-corrected chi connectivity index (χ0v) is 18.2. The second-order valence-electron chi connectivity index (χ2n) is 5.66. The van der Waals surface area contributed by atoms with E-state index in [0.29, 0.717) is 6.61 Å². The van der Waals surface area contributed by atoms with Gasteiger partial charge in [-0.25, -0.2) is 5.43 Å². The number of rotatable bonds is 10. The summed E-state index contributed by atoms with van der Waals surface area (Å²) in [5.41, 5.74) is 4.58. The molecule has 1 amide bonds. The van der Waals surface area contributed by atoms with Gasteiger partial charge in [0.25, 0.3) is 5.91 Å². The van der Waals surface area contributed by atoms with Crippen LogP contribution in [0.4, 0.5) is 0 Å². The molecule has 2 aromatic carbocycles. The first kappa shape index (κ1) is 21.4. The SMILES string of the molecule is CCOc1ccccc1C=NNC(=O)CSc1nnc(SCc2ccccc2)s1. The number of carbonyl (C=O) groups excluding carboxylic acids is 1. The molecule has 0 saturated heterocycles. The summed E-state index contributed by atoms with van der Waals surface area (Å²) in [5.74, 6) is 1.60. The summed E-state index contributed by atoms with van der Waals surface area (Å²) in [5, 5.41) is 12.3. The van der Waals surface area contributed by atoms with Crippen molar-refractivity contribution in [2.75, 3.05) is 12.4 Å². The quantitative estimate of drug-likeness (QED) is 0.282. The van der Waals surface area contributed by atoms with Crippen LogP contribution in [-0.2, 0) is 10.5 Å². The third-order valence-corrected chi connectivity index (χ3v) is 6.79. The van der Waals surface area contributed by atoms with Crippen LogP contribution in [0.25, 0.3) is 0 Å². The minimum atomic E-state index is -0.200. The fraction of sp³-hybridized carbons (Fsp3) is 0.200. The first-order valence-corrected chi connectivity index (χ1v) is 11.7. The normalized spacial score (nSPS) is 10.9. The number of nitrogens with zero attached hydrogens (tertiary/aromatic N) is 3. The van der Waals surface area contributed by atoms with E-state index < -0.39 is 0 Å². The van der Waals surface area contributed by atoms with Gasteiger partial charge in [-0.05, 0) is 24.6 Å². The maximum atomic E-state index is 12.0. The van der Waals surface area contributed by atoms with Crippen LogP contribution in [0.3, 0.4) is 0 Å². The molecule has 0 fully saturated rings. The molecule has 9 heteroatoms. The van der Waals surface area contributed by atoms with Crippen molar-refractivity contribution in [2.24, 2.45) is 5.10 Å². The average Bonchev–Trinajstić information content (AvgIpc) is 3.21. The van der Waals surface area contributed by atoms with Crippen molar-refractivity contribution < 1.29 is 9.53 Å². The van der Waals surface area contributed by atoms with Crippen LogP contribution in [0.2, 0.25) is 0 Å². The smallest absolute Gasteiger partial charge is 0.250 e. The maximum absolute atomic E-state index is 12.0. The van der Waals surface area contributed by atoms with Gasteiger partial charge < -0.3 is 4.74 Å². The molecule has 0 atom stereocenters. The summed E-state index contributed by atoms with van der Waals surface area (Å²) in [4.78, 5) is 12.0. The van der Waals surface area contributed by atoms with Gasteiger partial charge in [-0.15, -0.1) is 10.2 Å². The zero-order valence-electron chi connectivity index (χ0n) is 15.8. The lowest BCUT2D eigenvalue weighted by molar-refractivity contribution is -0.118. The summed E-state index contributed by atoms with van der Waals surface area (Å²) in [6, 6.07) is 17.7. The highest BCUT2D eigenvalue weighted by Gasteiger charge is 2.08. The van der Waals surface area contributed by atoms with Crippen LogP contribution >= 0.6 is 34.9 Å². The molecule has 0 saturated carbocycles. The molecule has 3 aromatic rings. The van der Waals surface area contributed by atoms with Crippen LogP contribution in [-0.4, -0.2) is 34.7 Å². The summed E-state index contributed by atoms with van der Waals surface area (Å²) >= 11 is 4.48. The van der Waals surface area contributed by atoms with E-state index in [0.717, 1.165) is 25.7 Å². The second-order valence-corrected chi connectivity index (χ2v) is 9.08. The second kappa shape index (κ2) is 11.6. The predicted octanol–water partition coefficient (Wildman–Crippen LogP) is 4.47. The van der Waals surface area contributed by atoms with E-state index in [2.05, 4.69) is 32.9 Å². The molecule has 29 heavy (non-hydrogen) atoms. The Morgan fingerprint density at radius 2 is 1.83 bits per heavy atom. The molecule has 0 aliphatic heterocycles. The molecule has 0 radical (unpaired) electrons. The van der Waals surface area contributed by atoms with E-state index in [1.54, 1.807) is 18.0 Å². The highest BCUT2D eigenvalue weighted by molar-refractivity contribution is 8.03. The lowest BCUT2D eigenvalue weighted by Gasteiger charge is -2.05. The van der Waals surface area contributed by atoms with Gasteiger partial charge in [0, 0.05) is 11.3 Å². The van der Waals surface area contributed by atoms with E-state index in [9.17, 15) is 4.79 Å². The summed E-state index contributed by atoms with van der Waals surface area (Å²) in [7, 11) is 0. The lowest BCUT2D eigenvalue weighted by atomic mass is 10.2. The van der Waals surface area contributed by atoms with Crippen LogP contribution < -0.4 is 10.2 Å². The molecular formula is C20H20N4O2S3. The van der Waals surface area contributed by atoms with Crippen molar-refractivity contribution in [3.63, 3.8) is 0 Å². The number of aromatic nitrogens is 2. The molecule has 0 aliphatic carbocycles. The number of carbonyl (C=O) groups is 1. The Kier molecular flexibility index (Phi) is 8.54. The standard InChI is InChI=1S/C20H20N4O2S3/c1-2-26-17-11-7-6-10-16(17)12-21-22-18(25)14-28-20-24-23-19(29-20)27-13-15-8-4-3-5-9-15/h3-12H,2,13-14H2,1H3,(H,22,25). The number of nitrogens with one attached hydrogen (secondary N) is 1. The Hall–Kier alpha value is -2.36. The predicted molar refractivity (Wildman–Crippen MR) is 120 cm³/mol. The van der Waals surface area contributed by atoms with Crippen molar-refractivity contribution in [2.45, 2.75) is 21.4 Å².